The third-order valence-electron chi connectivity index (χ3n) is 0.357. The minimum atomic E-state index is -0.877. The zero-order chi connectivity index (χ0) is 5.15. The van der Waals surface area contributed by atoms with Crippen molar-refractivity contribution in [3.05, 3.63) is 0 Å². The van der Waals surface area contributed by atoms with Gasteiger partial charge in [-0.25, -0.2) is 0 Å². The number of thiol groups is 1. The third kappa shape index (κ3) is 5.82. The second-order valence-corrected chi connectivity index (χ2v) is 1.79. The molecule has 0 rings (SSSR count). The molecule has 0 aliphatic rings. The van der Waals surface area contributed by atoms with Gasteiger partial charge in [0.15, 0.2) is 0 Å². The lowest BCUT2D eigenvalue weighted by Gasteiger charge is -1.88. The third-order valence-corrected chi connectivity index (χ3v) is 0.578. The number of hydrogen-bond donors (Lipinski definition) is 2. The molecule has 0 heterocycles. The highest BCUT2D eigenvalue weighted by Crippen LogP contribution is 1.88. The smallest absolute Gasteiger partial charge is 0.316 e. The van der Waals surface area contributed by atoms with Crippen molar-refractivity contribution in [2.24, 2.45) is 0 Å². The van der Waals surface area contributed by atoms with E-state index in [4.69, 9.17) is 5.11 Å². The molecule has 0 spiro atoms. The summed E-state index contributed by atoms with van der Waals surface area (Å²) >= 11 is 3.59. The van der Waals surface area contributed by atoms with Crippen molar-refractivity contribution in [1.82, 2.24) is 0 Å². The molecule has 0 aromatic heterocycles. The Labute approximate surface area is 49.0 Å². The van der Waals surface area contributed by atoms with Crippen LogP contribution in [0.3, 0.4) is 0 Å². The maximum Gasteiger partial charge on any atom is 0.316 e. The van der Waals surface area contributed by atoms with E-state index in [9.17, 15) is 4.79 Å². The van der Waals surface area contributed by atoms with E-state index in [1.807, 2.05) is 0 Å². The highest BCUT2D eigenvalue weighted by Gasteiger charge is 2.00. The standard InChI is InChI=1S/C3H6O2S.CH4/c1-2(6)3(4)5;/h2,6H,1H3,(H,4,5);1H4. The maximum atomic E-state index is 9.62. The van der Waals surface area contributed by atoms with Crippen molar-refractivity contribution < 1.29 is 9.90 Å². The number of carbonyl (C=O) groups is 1. The number of rotatable bonds is 1. The largest absolute Gasteiger partial charge is 0.480 e. The van der Waals surface area contributed by atoms with Crippen LogP contribution >= 0.6 is 12.6 Å². The maximum absolute atomic E-state index is 9.62. The van der Waals surface area contributed by atoms with Gasteiger partial charge in [-0.1, -0.05) is 7.43 Å². The van der Waals surface area contributed by atoms with E-state index in [1.54, 1.807) is 0 Å². The topological polar surface area (TPSA) is 37.3 Å². The minimum Gasteiger partial charge on any atom is -0.480 e. The van der Waals surface area contributed by atoms with Crippen molar-refractivity contribution in [1.29, 1.82) is 0 Å². The quantitative estimate of drug-likeness (QED) is 0.510. The monoisotopic (exact) mass is 122 g/mol. The highest BCUT2D eigenvalue weighted by molar-refractivity contribution is 7.81. The summed E-state index contributed by atoms with van der Waals surface area (Å²) < 4.78 is 0. The molecule has 3 heteroatoms. The Bertz CT molecular complexity index is 60.7. The summed E-state index contributed by atoms with van der Waals surface area (Å²) in [6.07, 6.45) is 0. The lowest BCUT2D eigenvalue weighted by Crippen LogP contribution is -2.06. The molecular weight excluding hydrogens is 112 g/mol. The zero-order valence-electron chi connectivity index (χ0n) is 3.38. The summed E-state index contributed by atoms with van der Waals surface area (Å²) in [6.45, 7) is 1.51. The molecule has 7 heavy (non-hydrogen) atoms. The summed E-state index contributed by atoms with van der Waals surface area (Å²) in [5.41, 5.74) is 0. The van der Waals surface area contributed by atoms with Crippen LogP contribution < -0.4 is 0 Å². The van der Waals surface area contributed by atoms with Crippen molar-refractivity contribution in [3.63, 3.8) is 0 Å². The Hall–Kier alpha value is -0.180. The lowest BCUT2D eigenvalue weighted by atomic mass is 10.5. The van der Waals surface area contributed by atoms with E-state index in [-0.39, 0.29) is 7.43 Å². The molecule has 0 saturated carbocycles. The molecule has 0 saturated heterocycles. The molecule has 1 atom stereocenters. The molecule has 2 nitrogen and oxygen atoms in total. The van der Waals surface area contributed by atoms with E-state index in [0.29, 0.717) is 0 Å². The number of carboxylic acids is 1. The molecule has 0 aliphatic heterocycles. The van der Waals surface area contributed by atoms with Gasteiger partial charge >= 0.3 is 5.97 Å². The molecule has 0 aromatic carbocycles. The number of hydrogen-bond acceptors (Lipinski definition) is 2. The van der Waals surface area contributed by atoms with Crippen molar-refractivity contribution in [2.45, 2.75) is 19.6 Å². The predicted octanol–water partition coefficient (Wildman–Crippen LogP) is 1.03. The average Bonchev–Trinajstić information content (AvgIpc) is 1.36. The van der Waals surface area contributed by atoms with Crippen LogP contribution in [0.15, 0.2) is 0 Å². The van der Waals surface area contributed by atoms with E-state index >= 15 is 0 Å². The summed E-state index contributed by atoms with van der Waals surface area (Å²) in [4.78, 5) is 9.62. The minimum absolute atomic E-state index is 0. The lowest BCUT2D eigenvalue weighted by molar-refractivity contribution is -0.136. The molecule has 44 valence electrons. The van der Waals surface area contributed by atoms with E-state index < -0.39 is 11.2 Å². The molecule has 0 aromatic rings. The van der Waals surface area contributed by atoms with Crippen LogP contribution in [-0.2, 0) is 4.79 Å². The van der Waals surface area contributed by atoms with Gasteiger partial charge in [0.05, 0.1) is 5.25 Å². The van der Waals surface area contributed by atoms with Gasteiger partial charge in [-0.2, -0.15) is 12.6 Å². The average molecular weight is 122 g/mol. The molecule has 0 fully saturated rings. The molecule has 1 N–H and O–H groups in total. The van der Waals surface area contributed by atoms with Crippen LogP contribution in [0.5, 0.6) is 0 Å². The van der Waals surface area contributed by atoms with Crippen molar-refractivity contribution in [2.75, 3.05) is 0 Å². The van der Waals surface area contributed by atoms with Gasteiger partial charge in [0.25, 0.3) is 0 Å². The Morgan fingerprint density at radius 2 is 2.00 bits per heavy atom. The fourth-order valence-electron chi connectivity index (χ4n) is 0. The predicted molar refractivity (Wildman–Crippen MR) is 32.8 cm³/mol. The van der Waals surface area contributed by atoms with Crippen molar-refractivity contribution in [3.8, 4) is 0 Å². The first kappa shape index (κ1) is 9.94. The molecule has 0 radical (unpaired) electrons. The second kappa shape index (κ2) is 3.99. The van der Waals surface area contributed by atoms with Crippen LogP contribution in [0.4, 0.5) is 0 Å². The van der Waals surface area contributed by atoms with Crippen LogP contribution in [0.1, 0.15) is 14.4 Å². The highest BCUT2D eigenvalue weighted by atomic mass is 32.1. The van der Waals surface area contributed by atoms with Gasteiger partial charge in [0.2, 0.25) is 0 Å². The van der Waals surface area contributed by atoms with Gasteiger partial charge in [-0.15, -0.1) is 0 Å². The molecule has 0 amide bonds. The Morgan fingerprint density at radius 3 is 2.00 bits per heavy atom. The van der Waals surface area contributed by atoms with E-state index in [2.05, 4.69) is 12.6 Å². The first-order valence-corrected chi connectivity index (χ1v) is 2.07. The molecule has 0 bridgehead atoms. The SMILES string of the molecule is C.CC(S)C(=O)O. The number of aliphatic carboxylic acids is 1. The summed E-state index contributed by atoms with van der Waals surface area (Å²) in [5, 5.41) is 7.38. The number of carboxylic acid groups (broad SMARTS) is 1. The van der Waals surface area contributed by atoms with Gasteiger partial charge in [0, 0.05) is 0 Å². The molecular formula is C4H10O2S. The summed E-state index contributed by atoms with van der Waals surface area (Å²) in [7, 11) is 0. The molecule has 0 aliphatic carbocycles. The summed E-state index contributed by atoms with van der Waals surface area (Å²) in [5.74, 6) is -0.877. The van der Waals surface area contributed by atoms with Gasteiger partial charge < -0.3 is 5.11 Å². The normalized spacial score (nSPS) is 11.7. The van der Waals surface area contributed by atoms with Crippen molar-refractivity contribution >= 4 is 18.6 Å². The van der Waals surface area contributed by atoms with Gasteiger partial charge in [-0.05, 0) is 6.92 Å². The van der Waals surface area contributed by atoms with E-state index in [1.165, 1.54) is 6.92 Å². The van der Waals surface area contributed by atoms with Crippen LogP contribution in [0, 0.1) is 0 Å². The molecule has 1 unspecified atom stereocenters. The zero-order valence-corrected chi connectivity index (χ0v) is 4.27. The van der Waals surface area contributed by atoms with Gasteiger partial charge in [0.1, 0.15) is 0 Å². The van der Waals surface area contributed by atoms with Crippen LogP contribution in [0.25, 0.3) is 0 Å². The van der Waals surface area contributed by atoms with Crippen LogP contribution in [-0.4, -0.2) is 16.3 Å². The van der Waals surface area contributed by atoms with E-state index in [0.717, 1.165) is 0 Å². The fourth-order valence-corrected chi connectivity index (χ4v) is 0. The Kier molecular flexibility index (Phi) is 5.67. The first-order valence-electron chi connectivity index (χ1n) is 1.55. The Morgan fingerprint density at radius 1 is 1.86 bits per heavy atom. The Balaban J connectivity index is 0. The van der Waals surface area contributed by atoms with Crippen LogP contribution in [0.2, 0.25) is 0 Å². The first-order chi connectivity index (χ1) is 2.64. The second-order valence-electron chi connectivity index (χ2n) is 1.01. The fraction of sp³-hybridized carbons (Fsp3) is 0.750. The summed E-state index contributed by atoms with van der Waals surface area (Å²) in [6, 6.07) is 0. The van der Waals surface area contributed by atoms with Gasteiger partial charge in [-0.3, -0.25) is 4.79 Å².